The summed E-state index contributed by atoms with van der Waals surface area (Å²) in [6, 6.07) is 22.3. The zero-order valence-electron chi connectivity index (χ0n) is 13.9. The molecule has 0 saturated heterocycles. The highest BCUT2D eigenvalue weighted by Gasteiger charge is 2.20. The first kappa shape index (κ1) is 17.5. The smallest absolute Gasteiger partial charge is 0.127 e. The molecule has 0 spiro atoms. The second-order valence-electron chi connectivity index (χ2n) is 5.85. The molecule has 25 heavy (non-hydrogen) atoms. The number of hydrogen-bond donors (Lipinski definition) is 2. The zero-order chi connectivity index (χ0) is 17.8. The monoisotopic (exact) mass is 353 g/mol. The van der Waals surface area contributed by atoms with E-state index in [1.807, 2.05) is 60.7 Å². The maximum atomic E-state index is 10.7. The van der Waals surface area contributed by atoms with Crippen LogP contribution in [0.25, 0.3) is 11.1 Å². The first-order valence-electron chi connectivity index (χ1n) is 8.02. The Hall–Kier alpha value is -2.33. The molecule has 2 unspecified atom stereocenters. The van der Waals surface area contributed by atoms with Crippen molar-refractivity contribution >= 4 is 11.6 Å². The molecule has 0 radical (unpaired) electrons. The Kier molecular flexibility index (Phi) is 5.39. The van der Waals surface area contributed by atoms with Crippen molar-refractivity contribution < 1.29 is 9.84 Å². The van der Waals surface area contributed by atoms with E-state index in [0.29, 0.717) is 16.3 Å². The van der Waals surface area contributed by atoms with Gasteiger partial charge in [-0.25, -0.2) is 0 Å². The molecule has 3 N–H and O–H groups in total. The van der Waals surface area contributed by atoms with Gasteiger partial charge in [-0.15, -0.1) is 0 Å². The van der Waals surface area contributed by atoms with E-state index < -0.39 is 12.1 Å². The lowest BCUT2D eigenvalue weighted by molar-refractivity contribution is 0.146. The average Bonchev–Trinajstić information content (AvgIpc) is 2.67. The summed E-state index contributed by atoms with van der Waals surface area (Å²) in [6.07, 6.45) is -0.847. The number of nitrogens with two attached hydrogens (primary N) is 1. The fraction of sp³-hybridized carbons (Fsp3) is 0.143. The van der Waals surface area contributed by atoms with Gasteiger partial charge >= 0.3 is 0 Å². The van der Waals surface area contributed by atoms with Gasteiger partial charge in [0.15, 0.2) is 0 Å². The van der Waals surface area contributed by atoms with Crippen LogP contribution in [0.3, 0.4) is 0 Å². The first-order chi connectivity index (χ1) is 12.1. The summed E-state index contributed by atoms with van der Waals surface area (Å²) in [5, 5.41) is 11.3. The van der Waals surface area contributed by atoms with Crippen molar-refractivity contribution in [1.29, 1.82) is 0 Å². The number of rotatable bonds is 5. The normalized spacial score (nSPS) is 13.3. The third-order valence-electron chi connectivity index (χ3n) is 4.25. The Bertz CT molecular complexity index is 834. The van der Waals surface area contributed by atoms with Crippen molar-refractivity contribution in [2.75, 3.05) is 7.11 Å². The van der Waals surface area contributed by atoms with Crippen LogP contribution in [-0.2, 0) is 0 Å². The number of halogens is 1. The molecule has 0 fully saturated rings. The van der Waals surface area contributed by atoms with E-state index in [-0.39, 0.29) is 0 Å². The molecule has 0 bridgehead atoms. The molecule has 3 rings (SSSR count). The van der Waals surface area contributed by atoms with Crippen molar-refractivity contribution in [1.82, 2.24) is 0 Å². The van der Waals surface area contributed by atoms with Crippen LogP contribution in [0.5, 0.6) is 5.75 Å². The summed E-state index contributed by atoms with van der Waals surface area (Å²) < 4.78 is 5.52. The van der Waals surface area contributed by atoms with E-state index in [2.05, 4.69) is 0 Å². The minimum atomic E-state index is -0.847. The highest BCUT2D eigenvalue weighted by Crippen LogP contribution is 2.35. The van der Waals surface area contributed by atoms with Gasteiger partial charge in [0.05, 0.1) is 19.3 Å². The number of benzene rings is 3. The molecule has 0 heterocycles. The van der Waals surface area contributed by atoms with E-state index in [1.165, 1.54) is 0 Å². The van der Waals surface area contributed by atoms with Crippen molar-refractivity contribution in [3.63, 3.8) is 0 Å². The molecule has 0 aliphatic rings. The largest absolute Gasteiger partial charge is 0.496 e. The average molecular weight is 354 g/mol. The van der Waals surface area contributed by atoms with Gasteiger partial charge in [0.2, 0.25) is 0 Å². The first-order valence-corrected chi connectivity index (χ1v) is 8.40. The molecular weight excluding hydrogens is 334 g/mol. The number of aliphatic hydroxyl groups excluding tert-OH is 1. The topological polar surface area (TPSA) is 55.5 Å². The Morgan fingerprint density at radius 3 is 2.20 bits per heavy atom. The molecule has 0 saturated carbocycles. The lowest BCUT2D eigenvalue weighted by Gasteiger charge is -2.21. The van der Waals surface area contributed by atoms with Gasteiger partial charge in [-0.3, -0.25) is 0 Å². The SMILES string of the molecule is COc1cc(C(O)C(N)c2ccc(Cl)cc2)ccc1-c1ccccc1. The summed E-state index contributed by atoms with van der Waals surface area (Å²) >= 11 is 5.91. The van der Waals surface area contributed by atoms with Crippen molar-refractivity contribution in [3.8, 4) is 16.9 Å². The van der Waals surface area contributed by atoms with Crippen molar-refractivity contribution in [2.45, 2.75) is 12.1 Å². The van der Waals surface area contributed by atoms with Gasteiger partial charge in [0.1, 0.15) is 5.75 Å². The van der Waals surface area contributed by atoms with Crippen LogP contribution in [0.4, 0.5) is 0 Å². The standard InChI is InChI=1S/C21H20ClNO2/c1-25-19-13-16(9-12-18(19)14-5-3-2-4-6-14)21(24)20(23)15-7-10-17(22)11-8-15/h2-13,20-21,24H,23H2,1H3. The van der Waals surface area contributed by atoms with Gasteiger partial charge in [-0.1, -0.05) is 66.2 Å². The maximum Gasteiger partial charge on any atom is 0.127 e. The van der Waals surface area contributed by atoms with E-state index in [9.17, 15) is 5.11 Å². The van der Waals surface area contributed by atoms with Crippen LogP contribution in [0.1, 0.15) is 23.3 Å². The Morgan fingerprint density at radius 1 is 0.920 bits per heavy atom. The Labute approximate surface area is 152 Å². The Balaban J connectivity index is 1.91. The fourth-order valence-corrected chi connectivity index (χ4v) is 2.95. The van der Waals surface area contributed by atoms with Crippen LogP contribution >= 0.6 is 11.6 Å². The second kappa shape index (κ2) is 7.70. The van der Waals surface area contributed by atoms with Gasteiger partial charge in [0, 0.05) is 10.6 Å². The zero-order valence-corrected chi connectivity index (χ0v) is 14.6. The minimum absolute atomic E-state index is 0.551. The predicted octanol–water partition coefficient (Wildman–Crippen LogP) is 4.75. The highest BCUT2D eigenvalue weighted by molar-refractivity contribution is 6.30. The lowest BCUT2D eigenvalue weighted by Crippen LogP contribution is -2.19. The summed E-state index contributed by atoms with van der Waals surface area (Å²) in [5.41, 5.74) is 9.79. The summed E-state index contributed by atoms with van der Waals surface area (Å²) in [7, 11) is 1.62. The van der Waals surface area contributed by atoms with E-state index in [1.54, 1.807) is 19.2 Å². The molecule has 3 nitrogen and oxygen atoms in total. The van der Waals surface area contributed by atoms with Crippen LogP contribution in [-0.4, -0.2) is 12.2 Å². The summed E-state index contributed by atoms with van der Waals surface area (Å²) in [5.74, 6) is 0.700. The summed E-state index contributed by atoms with van der Waals surface area (Å²) in [4.78, 5) is 0. The molecule has 0 aliphatic heterocycles. The molecule has 0 aliphatic carbocycles. The van der Waals surface area contributed by atoms with E-state index in [0.717, 1.165) is 16.7 Å². The minimum Gasteiger partial charge on any atom is -0.496 e. The maximum absolute atomic E-state index is 10.7. The third-order valence-corrected chi connectivity index (χ3v) is 4.50. The second-order valence-corrected chi connectivity index (χ2v) is 6.28. The molecule has 3 aromatic carbocycles. The molecular formula is C21H20ClNO2. The molecule has 0 amide bonds. The van der Waals surface area contributed by atoms with Crippen LogP contribution in [0.2, 0.25) is 5.02 Å². The van der Waals surface area contributed by atoms with Crippen molar-refractivity contribution in [2.24, 2.45) is 5.73 Å². The molecule has 2 atom stereocenters. The number of aliphatic hydroxyl groups is 1. The number of hydrogen-bond acceptors (Lipinski definition) is 3. The van der Waals surface area contributed by atoms with Crippen molar-refractivity contribution in [3.05, 3.63) is 88.9 Å². The predicted molar refractivity (Wildman–Crippen MR) is 102 cm³/mol. The summed E-state index contributed by atoms with van der Waals surface area (Å²) in [6.45, 7) is 0. The van der Waals surface area contributed by atoms with Gasteiger partial charge < -0.3 is 15.6 Å². The van der Waals surface area contributed by atoms with Crippen LogP contribution < -0.4 is 10.5 Å². The molecule has 0 aromatic heterocycles. The molecule has 128 valence electrons. The third kappa shape index (κ3) is 3.85. The highest BCUT2D eigenvalue weighted by atomic mass is 35.5. The van der Waals surface area contributed by atoms with Gasteiger partial charge in [-0.05, 0) is 34.9 Å². The van der Waals surface area contributed by atoms with Gasteiger partial charge in [0.25, 0.3) is 0 Å². The molecule has 4 heteroatoms. The van der Waals surface area contributed by atoms with E-state index in [4.69, 9.17) is 22.1 Å². The fourth-order valence-electron chi connectivity index (χ4n) is 2.82. The lowest BCUT2D eigenvalue weighted by atomic mass is 9.94. The van der Waals surface area contributed by atoms with E-state index >= 15 is 0 Å². The Morgan fingerprint density at radius 2 is 1.56 bits per heavy atom. The van der Waals surface area contributed by atoms with Gasteiger partial charge in [-0.2, -0.15) is 0 Å². The number of methoxy groups -OCH3 is 1. The van der Waals surface area contributed by atoms with Crippen LogP contribution in [0.15, 0.2) is 72.8 Å². The molecule has 3 aromatic rings. The quantitative estimate of drug-likeness (QED) is 0.696. The number of ether oxygens (including phenoxy) is 1. The van der Waals surface area contributed by atoms with Crippen LogP contribution in [0, 0.1) is 0 Å².